The molecule has 3 rings (SSSR count). The smallest absolute Gasteiger partial charge is 0.0141 e. The Hall–Kier alpha value is -0.340. The predicted octanol–water partition coefficient (Wildman–Crippen LogP) is 2.92. The van der Waals surface area contributed by atoms with Gasteiger partial charge in [-0.05, 0) is 61.9 Å². The fourth-order valence-corrected chi connectivity index (χ4v) is 4.00. The average Bonchev–Trinajstić information content (AvgIpc) is 2.73. The molecule has 3 atom stereocenters. The molecule has 2 heteroatoms. The Morgan fingerprint density at radius 2 is 2.20 bits per heavy atom. The van der Waals surface area contributed by atoms with E-state index in [1.807, 2.05) is 11.3 Å². The van der Waals surface area contributed by atoms with E-state index in [0.29, 0.717) is 0 Å². The maximum absolute atomic E-state index is 3.53. The summed E-state index contributed by atoms with van der Waals surface area (Å²) in [7, 11) is 2.13. The first-order chi connectivity index (χ1) is 7.36. The lowest BCUT2D eigenvalue weighted by Gasteiger charge is -2.23. The summed E-state index contributed by atoms with van der Waals surface area (Å²) in [5, 5.41) is 5.72. The Morgan fingerprint density at radius 1 is 1.40 bits per heavy atom. The standard InChI is InChI=1S/C13H19NS/c1-14-13(8-12-3-2-4-15-12)11-6-9-5-10(9)7-11/h2-4,9-11,13-14H,5-8H2,1H3. The third-order valence-corrected chi connectivity index (χ3v) is 5.12. The van der Waals surface area contributed by atoms with Crippen LogP contribution in [-0.4, -0.2) is 13.1 Å². The Morgan fingerprint density at radius 3 is 2.80 bits per heavy atom. The van der Waals surface area contributed by atoms with Crippen LogP contribution in [0.15, 0.2) is 17.5 Å². The zero-order valence-electron chi connectivity index (χ0n) is 9.28. The van der Waals surface area contributed by atoms with Gasteiger partial charge in [0.25, 0.3) is 0 Å². The molecule has 2 aliphatic rings. The summed E-state index contributed by atoms with van der Waals surface area (Å²) < 4.78 is 0. The molecule has 0 amide bonds. The quantitative estimate of drug-likeness (QED) is 0.824. The van der Waals surface area contributed by atoms with Gasteiger partial charge in [0.1, 0.15) is 0 Å². The van der Waals surface area contributed by atoms with Crippen molar-refractivity contribution in [3.05, 3.63) is 22.4 Å². The summed E-state index contributed by atoms with van der Waals surface area (Å²) in [6.07, 6.45) is 5.74. The van der Waals surface area contributed by atoms with Gasteiger partial charge in [0.15, 0.2) is 0 Å². The summed E-state index contributed by atoms with van der Waals surface area (Å²) in [5.74, 6) is 3.16. The molecule has 0 aliphatic heterocycles. The largest absolute Gasteiger partial charge is 0.316 e. The van der Waals surface area contributed by atoms with Crippen LogP contribution < -0.4 is 5.32 Å². The van der Waals surface area contributed by atoms with Gasteiger partial charge in [-0.1, -0.05) is 6.07 Å². The van der Waals surface area contributed by atoms with Crippen LogP contribution in [0.25, 0.3) is 0 Å². The van der Waals surface area contributed by atoms with Crippen molar-refractivity contribution in [2.45, 2.75) is 31.7 Å². The molecule has 0 bridgehead atoms. The number of thiophene rings is 1. The normalized spacial score (nSPS) is 35.1. The molecule has 3 unspecified atom stereocenters. The average molecular weight is 221 g/mol. The molecule has 2 saturated carbocycles. The Labute approximate surface area is 95.9 Å². The monoisotopic (exact) mass is 221 g/mol. The molecule has 2 aliphatic carbocycles. The van der Waals surface area contributed by atoms with Gasteiger partial charge in [-0.3, -0.25) is 0 Å². The van der Waals surface area contributed by atoms with Crippen molar-refractivity contribution in [1.29, 1.82) is 0 Å². The zero-order chi connectivity index (χ0) is 10.3. The second kappa shape index (κ2) is 3.91. The molecular formula is C13H19NS. The molecule has 82 valence electrons. The summed E-state index contributed by atoms with van der Waals surface area (Å²) in [4.78, 5) is 1.54. The van der Waals surface area contributed by atoms with E-state index >= 15 is 0 Å². The second-order valence-corrected chi connectivity index (χ2v) is 6.20. The van der Waals surface area contributed by atoms with Crippen molar-refractivity contribution in [2.75, 3.05) is 7.05 Å². The van der Waals surface area contributed by atoms with Crippen molar-refractivity contribution < 1.29 is 0 Å². The minimum Gasteiger partial charge on any atom is -0.316 e. The first-order valence-electron chi connectivity index (χ1n) is 6.06. The molecule has 1 nitrogen and oxygen atoms in total. The summed E-state index contributed by atoms with van der Waals surface area (Å²) >= 11 is 1.90. The van der Waals surface area contributed by atoms with E-state index in [1.165, 1.54) is 30.6 Å². The first-order valence-corrected chi connectivity index (χ1v) is 6.94. The van der Waals surface area contributed by atoms with Crippen LogP contribution in [0, 0.1) is 17.8 Å². The third kappa shape index (κ3) is 1.98. The maximum Gasteiger partial charge on any atom is 0.0141 e. The van der Waals surface area contributed by atoms with Gasteiger partial charge >= 0.3 is 0 Å². The molecule has 1 N–H and O–H groups in total. The number of likely N-dealkylation sites (N-methyl/N-ethyl adjacent to an activating group) is 1. The van der Waals surface area contributed by atoms with Crippen molar-refractivity contribution >= 4 is 11.3 Å². The van der Waals surface area contributed by atoms with Crippen molar-refractivity contribution in [2.24, 2.45) is 17.8 Å². The highest BCUT2D eigenvalue weighted by atomic mass is 32.1. The minimum absolute atomic E-state index is 0.719. The maximum atomic E-state index is 3.53. The van der Waals surface area contributed by atoms with Gasteiger partial charge in [0.2, 0.25) is 0 Å². The fourth-order valence-electron chi connectivity index (χ4n) is 3.24. The number of nitrogens with one attached hydrogen (secondary N) is 1. The fraction of sp³-hybridized carbons (Fsp3) is 0.692. The highest BCUT2D eigenvalue weighted by molar-refractivity contribution is 7.09. The number of hydrogen-bond donors (Lipinski definition) is 1. The van der Waals surface area contributed by atoms with E-state index in [0.717, 1.165) is 23.8 Å². The SMILES string of the molecule is CNC(Cc1cccs1)C1CC2CC2C1. The molecule has 15 heavy (non-hydrogen) atoms. The van der Waals surface area contributed by atoms with Gasteiger partial charge in [0.05, 0.1) is 0 Å². The lowest BCUT2D eigenvalue weighted by Crippen LogP contribution is -2.34. The van der Waals surface area contributed by atoms with E-state index in [1.54, 1.807) is 0 Å². The van der Waals surface area contributed by atoms with Gasteiger partial charge in [0, 0.05) is 10.9 Å². The highest BCUT2D eigenvalue weighted by Crippen LogP contribution is 2.55. The van der Waals surface area contributed by atoms with Gasteiger partial charge in [-0.15, -0.1) is 11.3 Å². The lowest BCUT2D eigenvalue weighted by atomic mass is 9.92. The molecule has 2 fully saturated rings. The Bertz CT molecular complexity index is 309. The second-order valence-electron chi connectivity index (χ2n) is 5.17. The lowest BCUT2D eigenvalue weighted by molar-refractivity contribution is 0.350. The molecule has 1 heterocycles. The minimum atomic E-state index is 0.719. The number of fused-ring (bicyclic) bond motifs is 1. The molecule has 1 aromatic rings. The van der Waals surface area contributed by atoms with Crippen LogP contribution in [0.1, 0.15) is 24.1 Å². The number of hydrogen-bond acceptors (Lipinski definition) is 2. The van der Waals surface area contributed by atoms with Gasteiger partial charge in [-0.25, -0.2) is 0 Å². The van der Waals surface area contributed by atoms with E-state index < -0.39 is 0 Å². The van der Waals surface area contributed by atoms with Crippen molar-refractivity contribution in [3.63, 3.8) is 0 Å². The topological polar surface area (TPSA) is 12.0 Å². The molecular weight excluding hydrogens is 202 g/mol. The number of rotatable bonds is 4. The molecule has 0 spiro atoms. The van der Waals surface area contributed by atoms with Crippen molar-refractivity contribution in [3.8, 4) is 0 Å². The molecule has 0 aromatic carbocycles. The highest BCUT2D eigenvalue weighted by Gasteiger charge is 2.47. The van der Waals surface area contributed by atoms with E-state index in [-0.39, 0.29) is 0 Å². The van der Waals surface area contributed by atoms with Crippen LogP contribution >= 0.6 is 11.3 Å². The van der Waals surface area contributed by atoms with Crippen molar-refractivity contribution in [1.82, 2.24) is 5.32 Å². The molecule has 0 saturated heterocycles. The Kier molecular flexibility index (Phi) is 2.57. The van der Waals surface area contributed by atoms with Gasteiger partial charge in [-0.2, -0.15) is 0 Å². The van der Waals surface area contributed by atoms with Crippen LogP contribution in [0.2, 0.25) is 0 Å². The third-order valence-electron chi connectivity index (χ3n) is 4.22. The summed E-state index contributed by atoms with van der Waals surface area (Å²) in [6, 6.07) is 5.15. The predicted molar refractivity (Wildman–Crippen MR) is 65.2 cm³/mol. The van der Waals surface area contributed by atoms with E-state index in [9.17, 15) is 0 Å². The van der Waals surface area contributed by atoms with Crippen LogP contribution in [0.4, 0.5) is 0 Å². The zero-order valence-corrected chi connectivity index (χ0v) is 10.1. The van der Waals surface area contributed by atoms with E-state index in [4.69, 9.17) is 0 Å². The van der Waals surface area contributed by atoms with Crippen LogP contribution in [0.3, 0.4) is 0 Å². The Balaban J connectivity index is 1.61. The first kappa shape index (κ1) is 9.86. The molecule has 1 aromatic heterocycles. The van der Waals surface area contributed by atoms with Crippen LogP contribution in [0.5, 0.6) is 0 Å². The van der Waals surface area contributed by atoms with Gasteiger partial charge < -0.3 is 5.32 Å². The molecule has 0 radical (unpaired) electrons. The summed E-state index contributed by atoms with van der Waals surface area (Å²) in [6.45, 7) is 0. The van der Waals surface area contributed by atoms with Crippen LogP contribution in [-0.2, 0) is 6.42 Å². The summed E-state index contributed by atoms with van der Waals surface area (Å²) in [5.41, 5.74) is 0. The van der Waals surface area contributed by atoms with E-state index in [2.05, 4.69) is 29.9 Å².